The third-order valence-electron chi connectivity index (χ3n) is 3.61. The summed E-state index contributed by atoms with van der Waals surface area (Å²) in [5, 5.41) is 4.01. The van der Waals surface area contributed by atoms with Gasteiger partial charge in [-0.05, 0) is 19.1 Å². The highest BCUT2D eigenvalue weighted by Crippen LogP contribution is 2.17. The van der Waals surface area contributed by atoms with E-state index in [0.717, 1.165) is 18.0 Å². The van der Waals surface area contributed by atoms with Crippen molar-refractivity contribution in [3.05, 3.63) is 41.7 Å². The zero-order valence-electron chi connectivity index (χ0n) is 11.9. The number of rotatable bonds is 5. The third kappa shape index (κ3) is 3.40. The first kappa shape index (κ1) is 14.0. The summed E-state index contributed by atoms with van der Waals surface area (Å²) in [7, 11) is 0. The molecule has 0 aromatic carbocycles. The molecule has 0 aliphatic carbocycles. The molecule has 0 N–H and O–H groups in total. The molecule has 0 amide bonds. The van der Waals surface area contributed by atoms with E-state index in [9.17, 15) is 4.79 Å². The monoisotopic (exact) mass is 290 g/mol. The van der Waals surface area contributed by atoms with Crippen molar-refractivity contribution in [3.63, 3.8) is 0 Å². The Bertz CT molecular complexity index is 591. The van der Waals surface area contributed by atoms with Crippen LogP contribution in [-0.4, -0.2) is 41.6 Å². The molecule has 0 bridgehead atoms. The van der Waals surface area contributed by atoms with Crippen molar-refractivity contribution >= 4 is 5.78 Å². The molecule has 0 spiro atoms. The van der Waals surface area contributed by atoms with Gasteiger partial charge in [-0.25, -0.2) is 0 Å². The van der Waals surface area contributed by atoms with Crippen LogP contribution < -0.4 is 0 Å². The second kappa shape index (κ2) is 6.24. The smallest absolute Gasteiger partial charge is 0.199 e. The van der Waals surface area contributed by atoms with E-state index in [1.165, 1.54) is 6.26 Å². The van der Waals surface area contributed by atoms with E-state index >= 15 is 0 Å². The largest absolute Gasteiger partial charge is 0.461 e. The maximum atomic E-state index is 12.2. The highest BCUT2D eigenvalue weighted by Gasteiger charge is 2.27. The SMILES string of the molecule is Cc1cc(CN2CCOC[C@H]2CC(=O)c2ccco2)no1. The number of morpholine rings is 1. The van der Waals surface area contributed by atoms with Crippen molar-refractivity contribution in [3.8, 4) is 0 Å². The molecule has 1 fully saturated rings. The van der Waals surface area contributed by atoms with Gasteiger partial charge in [0.25, 0.3) is 0 Å². The van der Waals surface area contributed by atoms with Gasteiger partial charge in [-0.2, -0.15) is 0 Å². The lowest BCUT2D eigenvalue weighted by atomic mass is 10.1. The molecule has 0 unspecified atom stereocenters. The topological polar surface area (TPSA) is 68.7 Å². The van der Waals surface area contributed by atoms with Gasteiger partial charge in [0, 0.05) is 31.6 Å². The fourth-order valence-electron chi connectivity index (χ4n) is 2.54. The molecule has 0 saturated carbocycles. The average Bonchev–Trinajstić information content (AvgIpc) is 3.13. The Kier molecular flexibility index (Phi) is 4.17. The van der Waals surface area contributed by atoms with Crippen molar-refractivity contribution in [1.82, 2.24) is 10.1 Å². The Morgan fingerprint density at radius 3 is 3.14 bits per heavy atom. The van der Waals surface area contributed by atoms with E-state index in [2.05, 4.69) is 10.1 Å². The van der Waals surface area contributed by atoms with E-state index in [1.807, 2.05) is 13.0 Å². The van der Waals surface area contributed by atoms with Crippen LogP contribution >= 0.6 is 0 Å². The maximum absolute atomic E-state index is 12.2. The minimum absolute atomic E-state index is 0.00293. The highest BCUT2D eigenvalue weighted by atomic mass is 16.5. The van der Waals surface area contributed by atoms with Crippen LogP contribution in [0.15, 0.2) is 33.4 Å². The maximum Gasteiger partial charge on any atom is 0.199 e. The zero-order valence-corrected chi connectivity index (χ0v) is 11.9. The van der Waals surface area contributed by atoms with E-state index < -0.39 is 0 Å². The fourth-order valence-corrected chi connectivity index (χ4v) is 2.54. The molecular weight excluding hydrogens is 272 g/mol. The minimum Gasteiger partial charge on any atom is -0.461 e. The molecule has 1 aliphatic heterocycles. The number of Topliss-reactive ketones (excluding diaryl/α,β-unsaturated/α-hetero) is 1. The molecule has 2 aromatic rings. The van der Waals surface area contributed by atoms with Gasteiger partial charge < -0.3 is 13.7 Å². The Morgan fingerprint density at radius 2 is 2.43 bits per heavy atom. The first-order chi connectivity index (χ1) is 10.2. The van der Waals surface area contributed by atoms with Crippen molar-refractivity contribution in [1.29, 1.82) is 0 Å². The standard InChI is InChI=1S/C15H18N2O4/c1-11-7-12(16-21-11)9-17-4-6-19-10-13(17)8-14(18)15-3-2-5-20-15/h2-3,5,7,13H,4,6,8-10H2,1H3/t13-/m1/s1. The zero-order chi connectivity index (χ0) is 14.7. The van der Waals surface area contributed by atoms with Crippen LogP contribution in [0.4, 0.5) is 0 Å². The van der Waals surface area contributed by atoms with Gasteiger partial charge in [-0.3, -0.25) is 9.69 Å². The van der Waals surface area contributed by atoms with Crippen LogP contribution in [0.5, 0.6) is 0 Å². The molecule has 1 aliphatic rings. The first-order valence-corrected chi connectivity index (χ1v) is 7.03. The first-order valence-electron chi connectivity index (χ1n) is 7.03. The predicted molar refractivity (Wildman–Crippen MR) is 73.9 cm³/mol. The van der Waals surface area contributed by atoms with Crippen LogP contribution in [0, 0.1) is 6.92 Å². The molecule has 0 radical (unpaired) electrons. The van der Waals surface area contributed by atoms with Crippen molar-refractivity contribution in [2.75, 3.05) is 19.8 Å². The molecule has 1 atom stereocenters. The lowest BCUT2D eigenvalue weighted by Gasteiger charge is -2.34. The van der Waals surface area contributed by atoms with Gasteiger partial charge in [-0.15, -0.1) is 0 Å². The molecule has 3 rings (SSSR count). The number of aromatic nitrogens is 1. The normalized spacial score (nSPS) is 19.8. The van der Waals surface area contributed by atoms with Crippen LogP contribution in [-0.2, 0) is 11.3 Å². The second-order valence-corrected chi connectivity index (χ2v) is 5.23. The van der Waals surface area contributed by atoms with Gasteiger partial charge in [0.2, 0.25) is 0 Å². The van der Waals surface area contributed by atoms with Crippen molar-refractivity contribution in [2.45, 2.75) is 25.9 Å². The molecule has 1 saturated heterocycles. The Morgan fingerprint density at radius 1 is 1.52 bits per heavy atom. The van der Waals surface area contributed by atoms with Gasteiger partial charge in [0.15, 0.2) is 11.5 Å². The molecule has 6 heteroatoms. The summed E-state index contributed by atoms with van der Waals surface area (Å²) in [5.41, 5.74) is 0.879. The summed E-state index contributed by atoms with van der Waals surface area (Å²) in [4.78, 5) is 14.4. The number of hydrogen-bond acceptors (Lipinski definition) is 6. The van der Waals surface area contributed by atoms with Crippen LogP contribution in [0.3, 0.4) is 0 Å². The Balaban J connectivity index is 1.65. The van der Waals surface area contributed by atoms with Crippen LogP contribution in [0.1, 0.15) is 28.4 Å². The quantitative estimate of drug-likeness (QED) is 0.785. The molecule has 6 nitrogen and oxygen atoms in total. The summed E-state index contributed by atoms with van der Waals surface area (Å²) in [6, 6.07) is 5.37. The molecule has 112 valence electrons. The lowest BCUT2D eigenvalue weighted by Crippen LogP contribution is -2.45. The minimum atomic E-state index is -0.00293. The summed E-state index contributed by atoms with van der Waals surface area (Å²) in [6.07, 6.45) is 1.89. The molecule has 21 heavy (non-hydrogen) atoms. The number of furan rings is 1. The highest BCUT2D eigenvalue weighted by molar-refractivity contribution is 5.93. The number of hydrogen-bond donors (Lipinski definition) is 0. The molecule has 3 heterocycles. The van der Waals surface area contributed by atoms with Gasteiger partial charge in [-0.1, -0.05) is 5.16 Å². The Labute approximate surface area is 122 Å². The van der Waals surface area contributed by atoms with Crippen LogP contribution in [0.25, 0.3) is 0 Å². The van der Waals surface area contributed by atoms with Gasteiger partial charge in [0.05, 0.1) is 25.2 Å². The average molecular weight is 290 g/mol. The van der Waals surface area contributed by atoms with E-state index in [-0.39, 0.29) is 11.8 Å². The predicted octanol–water partition coefficient (Wildman–Crippen LogP) is 2.05. The number of carbonyl (C=O) groups is 1. The third-order valence-corrected chi connectivity index (χ3v) is 3.61. The van der Waals surface area contributed by atoms with Gasteiger partial charge >= 0.3 is 0 Å². The second-order valence-electron chi connectivity index (χ2n) is 5.23. The summed E-state index contributed by atoms with van der Waals surface area (Å²) < 4.78 is 15.8. The van der Waals surface area contributed by atoms with E-state index in [0.29, 0.717) is 31.9 Å². The van der Waals surface area contributed by atoms with Crippen LogP contribution in [0.2, 0.25) is 0 Å². The fraction of sp³-hybridized carbons (Fsp3) is 0.467. The summed E-state index contributed by atoms with van der Waals surface area (Å²) in [5.74, 6) is 1.19. The Hall–Kier alpha value is -1.92. The number of ketones is 1. The molecular formula is C15H18N2O4. The summed E-state index contributed by atoms with van der Waals surface area (Å²) in [6.45, 7) is 4.53. The van der Waals surface area contributed by atoms with E-state index in [1.54, 1.807) is 12.1 Å². The van der Waals surface area contributed by atoms with Crippen molar-refractivity contribution in [2.24, 2.45) is 0 Å². The number of carbonyl (C=O) groups excluding carboxylic acids is 1. The number of aryl methyl sites for hydroxylation is 1. The van der Waals surface area contributed by atoms with Crippen molar-refractivity contribution < 1.29 is 18.5 Å². The number of ether oxygens (including phenoxy) is 1. The van der Waals surface area contributed by atoms with Gasteiger partial charge in [0.1, 0.15) is 5.76 Å². The number of nitrogens with zero attached hydrogens (tertiary/aromatic N) is 2. The summed E-state index contributed by atoms with van der Waals surface area (Å²) >= 11 is 0. The lowest BCUT2D eigenvalue weighted by molar-refractivity contribution is -0.0136. The van der Waals surface area contributed by atoms with E-state index in [4.69, 9.17) is 13.7 Å². The molecule has 2 aromatic heterocycles.